The standard InChI is InChI=1S/C15H23N5O3/c1-3-12(21)19-15(4-2,13(16)22)20-14(23)18-10-8-11-7-5-6-9-17-11/h5-7,9H,3-4,8,10H2,1-2H3,(H2,16,22)(H,19,21)(H2,18,20,23). The van der Waals surface area contributed by atoms with E-state index in [2.05, 4.69) is 20.9 Å². The van der Waals surface area contributed by atoms with Crippen molar-refractivity contribution in [1.29, 1.82) is 0 Å². The van der Waals surface area contributed by atoms with E-state index >= 15 is 0 Å². The van der Waals surface area contributed by atoms with Gasteiger partial charge in [0.25, 0.3) is 5.91 Å². The Balaban J connectivity index is 2.59. The first-order valence-corrected chi connectivity index (χ1v) is 7.50. The fraction of sp³-hybridized carbons (Fsp3) is 0.467. The van der Waals surface area contributed by atoms with Crippen LogP contribution in [0.5, 0.6) is 0 Å². The molecule has 0 fully saturated rings. The molecule has 1 unspecified atom stereocenters. The van der Waals surface area contributed by atoms with Gasteiger partial charge >= 0.3 is 6.03 Å². The van der Waals surface area contributed by atoms with Crippen molar-refractivity contribution in [3.8, 4) is 0 Å². The van der Waals surface area contributed by atoms with Gasteiger partial charge in [-0.05, 0) is 18.6 Å². The molecular formula is C15H23N5O3. The molecule has 0 saturated heterocycles. The van der Waals surface area contributed by atoms with Crippen LogP contribution in [0, 0.1) is 0 Å². The number of rotatable bonds is 8. The number of pyridine rings is 1. The van der Waals surface area contributed by atoms with Crippen LogP contribution in [0.25, 0.3) is 0 Å². The SMILES string of the molecule is CCC(=O)NC(CC)(NC(=O)NCCc1ccccn1)C(N)=O. The lowest BCUT2D eigenvalue weighted by molar-refractivity contribution is -0.132. The van der Waals surface area contributed by atoms with Gasteiger partial charge in [-0.15, -0.1) is 0 Å². The largest absolute Gasteiger partial charge is 0.366 e. The Morgan fingerprint density at radius 3 is 2.48 bits per heavy atom. The molecule has 4 amide bonds. The zero-order valence-electron chi connectivity index (χ0n) is 13.4. The number of nitrogens with zero attached hydrogens (tertiary/aromatic N) is 1. The number of nitrogens with one attached hydrogen (secondary N) is 3. The quantitative estimate of drug-likeness (QED) is 0.504. The van der Waals surface area contributed by atoms with Crippen LogP contribution in [-0.4, -0.2) is 35.0 Å². The molecule has 1 rings (SSSR count). The van der Waals surface area contributed by atoms with Crippen molar-refractivity contribution < 1.29 is 14.4 Å². The minimum Gasteiger partial charge on any atom is -0.366 e. The van der Waals surface area contributed by atoms with Crippen LogP contribution in [0.4, 0.5) is 4.79 Å². The van der Waals surface area contributed by atoms with E-state index in [0.717, 1.165) is 5.69 Å². The molecule has 1 aromatic heterocycles. The van der Waals surface area contributed by atoms with E-state index in [1.807, 2.05) is 18.2 Å². The summed E-state index contributed by atoms with van der Waals surface area (Å²) in [6.45, 7) is 3.63. The molecule has 0 aliphatic rings. The van der Waals surface area contributed by atoms with Gasteiger partial charge in [0.15, 0.2) is 5.66 Å². The van der Waals surface area contributed by atoms with E-state index < -0.39 is 17.6 Å². The molecule has 1 aromatic rings. The van der Waals surface area contributed by atoms with Gasteiger partial charge in [0.1, 0.15) is 0 Å². The molecule has 0 radical (unpaired) electrons. The monoisotopic (exact) mass is 321 g/mol. The maximum absolute atomic E-state index is 12.0. The van der Waals surface area contributed by atoms with E-state index in [4.69, 9.17) is 5.73 Å². The van der Waals surface area contributed by atoms with Crippen molar-refractivity contribution in [3.05, 3.63) is 30.1 Å². The van der Waals surface area contributed by atoms with Crippen molar-refractivity contribution in [1.82, 2.24) is 20.9 Å². The number of carbonyl (C=O) groups is 3. The molecule has 126 valence electrons. The molecule has 0 aromatic carbocycles. The summed E-state index contributed by atoms with van der Waals surface area (Å²) in [5.74, 6) is -1.19. The molecule has 5 N–H and O–H groups in total. The lowest BCUT2D eigenvalue weighted by Crippen LogP contribution is -2.68. The number of urea groups is 1. The molecule has 0 bridgehead atoms. The van der Waals surface area contributed by atoms with Gasteiger partial charge in [-0.25, -0.2) is 4.79 Å². The van der Waals surface area contributed by atoms with Crippen LogP contribution in [-0.2, 0) is 16.0 Å². The molecule has 1 heterocycles. The summed E-state index contributed by atoms with van der Waals surface area (Å²) in [6, 6.07) is 4.93. The summed E-state index contributed by atoms with van der Waals surface area (Å²) in [7, 11) is 0. The van der Waals surface area contributed by atoms with Crippen molar-refractivity contribution in [2.24, 2.45) is 5.73 Å². The Bertz CT molecular complexity index is 549. The van der Waals surface area contributed by atoms with E-state index in [-0.39, 0.29) is 18.7 Å². The highest BCUT2D eigenvalue weighted by Gasteiger charge is 2.37. The summed E-state index contributed by atoms with van der Waals surface area (Å²) < 4.78 is 0. The van der Waals surface area contributed by atoms with Crippen LogP contribution in [0.1, 0.15) is 32.4 Å². The number of nitrogens with two attached hydrogens (primary N) is 1. The van der Waals surface area contributed by atoms with Crippen LogP contribution < -0.4 is 21.7 Å². The Labute approximate surface area is 135 Å². The average molecular weight is 321 g/mol. The lowest BCUT2D eigenvalue weighted by atomic mass is 10.1. The fourth-order valence-electron chi connectivity index (χ4n) is 1.92. The summed E-state index contributed by atoms with van der Waals surface area (Å²) in [6.07, 6.45) is 2.54. The number of primary amides is 1. The van der Waals surface area contributed by atoms with Crippen molar-refractivity contribution in [3.63, 3.8) is 0 Å². The Hall–Kier alpha value is -2.64. The Morgan fingerprint density at radius 1 is 1.22 bits per heavy atom. The second kappa shape index (κ2) is 8.72. The molecular weight excluding hydrogens is 298 g/mol. The molecule has 0 aliphatic carbocycles. The van der Waals surface area contributed by atoms with Gasteiger partial charge < -0.3 is 21.7 Å². The molecule has 8 nitrogen and oxygen atoms in total. The first-order chi connectivity index (χ1) is 10.9. The highest BCUT2D eigenvalue weighted by molar-refractivity contribution is 5.93. The molecule has 23 heavy (non-hydrogen) atoms. The highest BCUT2D eigenvalue weighted by atomic mass is 16.2. The third-order valence-electron chi connectivity index (χ3n) is 3.34. The average Bonchev–Trinajstić information content (AvgIpc) is 2.54. The predicted octanol–water partition coefficient (Wildman–Crippen LogP) is 0.0411. The van der Waals surface area contributed by atoms with Crippen molar-refractivity contribution >= 4 is 17.8 Å². The van der Waals surface area contributed by atoms with Crippen molar-refractivity contribution in [2.75, 3.05) is 6.54 Å². The van der Waals surface area contributed by atoms with Crippen LogP contribution >= 0.6 is 0 Å². The van der Waals surface area contributed by atoms with Crippen molar-refractivity contribution in [2.45, 2.75) is 38.8 Å². The first-order valence-electron chi connectivity index (χ1n) is 7.50. The summed E-state index contributed by atoms with van der Waals surface area (Å²) >= 11 is 0. The van der Waals surface area contributed by atoms with Gasteiger partial charge in [-0.3, -0.25) is 14.6 Å². The van der Waals surface area contributed by atoms with Crippen LogP contribution in [0.3, 0.4) is 0 Å². The van der Waals surface area contributed by atoms with Gasteiger partial charge in [-0.2, -0.15) is 0 Å². The zero-order valence-corrected chi connectivity index (χ0v) is 13.4. The minimum absolute atomic E-state index is 0.141. The van der Waals surface area contributed by atoms with E-state index in [1.165, 1.54) is 0 Å². The second-order valence-corrected chi connectivity index (χ2v) is 4.98. The number of hydrogen-bond acceptors (Lipinski definition) is 4. The van der Waals surface area contributed by atoms with Gasteiger partial charge in [-0.1, -0.05) is 19.9 Å². The summed E-state index contributed by atoms with van der Waals surface area (Å²) in [4.78, 5) is 39.4. The fourth-order valence-corrected chi connectivity index (χ4v) is 1.92. The third-order valence-corrected chi connectivity index (χ3v) is 3.34. The molecule has 0 spiro atoms. The number of hydrogen-bond donors (Lipinski definition) is 4. The van der Waals surface area contributed by atoms with Gasteiger partial charge in [0.2, 0.25) is 5.91 Å². The zero-order chi connectivity index (χ0) is 17.3. The normalized spacial score (nSPS) is 12.8. The number of carbonyl (C=O) groups excluding carboxylic acids is 3. The van der Waals surface area contributed by atoms with E-state index in [9.17, 15) is 14.4 Å². The first kappa shape index (κ1) is 18.4. The molecule has 0 aliphatic heterocycles. The number of aromatic nitrogens is 1. The van der Waals surface area contributed by atoms with Gasteiger partial charge in [0, 0.05) is 31.3 Å². The van der Waals surface area contributed by atoms with Gasteiger partial charge in [0.05, 0.1) is 0 Å². The smallest absolute Gasteiger partial charge is 0.317 e. The Morgan fingerprint density at radius 2 is 1.96 bits per heavy atom. The van der Waals surface area contributed by atoms with E-state index in [0.29, 0.717) is 13.0 Å². The minimum atomic E-state index is -1.60. The predicted molar refractivity (Wildman–Crippen MR) is 85.1 cm³/mol. The van der Waals surface area contributed by atoms with Crippen LogP contribution in [0.2, 0.25) is 0 Å². The topological polar surface area (TPSA) is 126 Å². The molecule has 8 heteroatoms. The highest BCUT2D eigenvalue weighted by Crippen LogP contribution is 2.06. The molecule has 0 saturated carbocycles. The maximum Gasteiger partial charge on any atom is 0.317 e. The maximum atomic E-state index is 12.0. The molecule has 1 atom stereocenters. The van der Waals surface area contributed by atoms with Crippen LogP contribution in [0.15, 0.2) is 24.4 Å². The second-order valence-electron chi connectivity index (χ2n) is 4.98. The van der Waals surface area contributed by atoms with E-state index in [1.54, 1.807) is 20.0 Å². The third kappa shape index (κ3) is 5.57. The Kier molecular flexibility index (Phi) is 6.98. The lowest BCUT2D eigenvalue weighted by Gasteiger charge is -2.31. The summed E-state index contributed by atoms with van der Waals surface area (Å²) in [5, 5.41) is 7.54. The summed E-state index contributed by atoms with van der Waals surface area (Å²) in [5.41, 5.74) is 4.59. The number of amides is 4.